The van der Waals surface area contributed by atoms with E-state index in [0.717, 1.165) is 12.0 Å². The fourth-order valence-corrected chi connectivity index (χ4v) is 3.12. The number of carbonyl (C=O) groups is 2. The first-order valence-corrected chi connectivity index (χ1v) is 8.91. The molecular weight excluding hydrogens is 318 g/mol. The van der Waals surface area contributed by atoms with Crippen LogP contribution in [0.3, 0.4) is 0 Å². The summed E-state index contributed by atoms with van der Waals surface area (Å²) in [7, 11) is 0. The van der Waals surface area contributed by atoms with E-state index >= 15 is 0 Å². The predicted molar refractivity (Wildman–Crippen MR) is 96.8 cm³/mol. The van der Waals surface area contributed by atoms with Crippen LogP contribution < -0.4 is 11.1 Å². The second-order valence-electron chi connectivity index (χ2n) is 7.15. The lowest BCUT2D eigenvalue weighted by Gasteiger charge is -2.38. The molecule has 2 amide bonds. The summed E-state index contributed by atoms with van der Waals surface area (Å²) in [5.41, 5.74) is 6.01. The highest BCUT2D eigenvalue weighted by atomic mass is 16.3. The molecule has 6 heteroatoms. The van der Waals surface area contributed by atoms with Crippen molar-refractivity contribution >= 4 is 11.8 Å². The number of primary amides is 1. The van der Waals surface area contributed by atoms with Crippen LogP contribution in [-0.2, 0) is 16.1 Å². The Morgan fingerprint density at radius 1 is 1.36 bits per heavy atom. The molecule has 0 aromatic heterocycles. The lowest BCUT2D eigenvalue weighted by Crippen LogP contribution is -2.57. The minimum atomic E-state index is -1.41. The van der Waals surface area contributed by atoms with Gasteiger partial charge in [0, 0.05) is 32.6 Å². The number of nitrogens with zero attached hydrogens (tertiary/aromatic N) is 1. The molecule has 1 aromatic carbocycles. The number of aliphatic hydroxyl groups is 1. The van der Waals surface area contributed by atoms with Crippen LogP contribution in [0.1, 0.15) is 50.2 Å². The van der Waals surface area contributed by atoms with Crippen LogP contribution in [0.2, 0.25) is 0 Å². The van der Waals surface area contributed by atoms with Crippen molar-refractivity contribution in [2.24, 2.45) is 5.73 Å². The molecule has 1 fully saturated rings. The van der Waals surface area contributed by atoms with E-state index in [-0.39, 0.29) is 18.9 Å². The Bertz CT molecular complexity index is 600. The maximum absolute atomic E-state index is 12.7. The third-order valence-electron chi connectivity index (χ3n) is 4.69. The van der Waals surface area contributed by atoms with E-state index < -0.39 is 11.5 Å². The fraction of sp³-hybridized carbons (Fsp3) is 0.579. The van der Waals surface area contributed by atoms with Gasteiger partial charge in [0.15, 0.2) is 5.60 Å². The third-order valence-corrected chi connectivity index (χ3v) is 4.69. The van der Waals surface area contributed by atoms with Crippen LogP contribution in [0.25, 0.3) is 0 Å². The topological polar surface area (TPSA) is 95.7 Å². The Balaban J connectivity index is 1.95. The monoisotopic (exact) mass is 347 g/mol. The number of hydrogen-bond donors (Lipinski definition) is 3. The van der Waals surface area contributed by atoms with E-state index in [4.69, 9.17) is 5.73 Å². The Morgan fingerprint density at radius 3 is 2.64 bits per heavy atom. The van der Waals surface area contributed by atoms with Crippen molar-refractivity contribution in [3.63, 3.8) is 0 Å². The predicted octanol–water partition coefficient (Wildman–Crippen LogP) is 1.13. The van der Waals surface area contributed by atoms with Gasteiger partial charge in [-0.3, -0.25) is 9.59 Å². The molecular formula is C19H29N3O3. The van der Waals surface area contributed by atoms with Gasteiger partial charge in [-0.25, -0.2) is 0 Å². The number of hydrogen-bond acceptors (Lipinski definition) is 4. The molecule has 0 saturated carbocycles. The molecule has 1 aliphatic heterocycles. The van der Waals surface area contributed by atoms with Gasteiger partial charge in [0.05, 0.1) is 0 Å². The quantitative estimate of drug-likeness (QED) is 0.614. The number of nitrogens with one attached hydrogen (secondary N) is 1. The summed E-state index contributed by atoms with van der Waals surface area (Å²) in [6.07, 6.45) is 1.37. The molecule has 1 saturated heterocycles. The molecule has 1 atom stereocenters. The summed E-state index contributed by atoms with van der Waals surface area (Å²) in [6.45, 7) is 5.95. The Labute approximate surface area is 149 Å². The molecule has 1 aromatic rings. The summed E-state index contributed by atoms with van der Waals surface area (Å²) < 4.78 is 0. The van der Waals surface area contributed by atoms with Crippen LogP contribution in [-0.4, -0.2) is 47.1 Å². The largest absolute Gasteiger partial charge is 0.379 e. The number of nitrogens with two attached hydrogens (primary N) is 1. The molecule has 0 aliphatic carbocycles. The highest BCUT2D eigenvalue weighted by Gasteiger charge is 2.41. The van der Waals surface area contributed by atoms with Gasteiger partial charge in [-0.2, -0.15) is 0 Å². The van der Waals surface area contributed by atoms with Crippen molar-refractivity contribution in [1.29, 1.82) is 0 Å². The summed E-state index contributed by atoms with van der Waals surface area (Å²) in [5.74, 6) is -0.179. The van der Waals surface area contributed by atoms with Crippen molar-refractivity contribution in [3.05, 3.63) is 35.4 Å². The number of carbonyl (C=O) groups excluding carboxylic acids is 2. The van der Waals surface area contributed by atoms with Crippen LogP contribution in [0, 0.1) is 0 Å². The van der Waals surface area contributed by atoms with Gasteiger partial charge in [0.25, 0.3) is 5.91 Å². The number of amides is 2. The Kier molecular flexibility index (Phi) is 6.56. The molecule has 25 heavy (non-hydrogen) atoms. The lowest BCUT2D eigenvalue weighted by atomic mass is 9.91. The lowest BCUT2D eigenvalue weighted by molar-refractivity contribution is -0.157. The van der Waals surface area contributed by atoms with E-state index in [1.54, 1.807) is 4.90 Å². The molecule has 6 nitrogen and oxygen atoms in total. The zero-order valence-electron chi connectivity index (χ0n) is 15.1. The van der Waals surface area contributed by atoms with Gasteiger partial charge >= 0.3 is 0 Å². The summed E-state index contributed by atoms with van der Waals surface area (Å²) >= 11 is 0. The number of rotatable bonds is 8. The van der Waals surface area contributed by atoms with Crippen molar-refractivity contribution in [2.75, 3.05) is 19.6 Å². The molecule has 1 aliphatic rings. The standard InChI is InChI=1S/C19H29N3O3/c1-14(2)16-6-4-15(5-7-16)12-22-11-3-9-19(25,18(22)24)13-21-10-8-17(20)23/h4-7,14,21,25H,3,8-13H2,1-2H3,(H2,20,23)/t19-/m0/s1. The van der Waals surface area contributed by atoms with Gasteiger partial charge < -0.3 is 21.1 Å². The number of benzene rings is 1. The Morgan fingerprint density at radius 2 is 2.04 bits per heavy atom. The first kappa shape index (κ1) is 19.4. The third kappa shape index (κ3) is 5.28. The molecule has 138 valence electrons. The van der Waals surface area contributed by atoms with Crippen LogP contribution in [0.15, 0.2) is 24.3 Å². The second kappa shape index (κ2) is 8.45. The van der Waals surface area contributed by atoms with E-state index in [1.165, 1.54) is 5.56 Å². The average molecular weight is 347 g/mol. The van der Waals surface area contributed by atoms with Crippen LogP contribution in [0.4, 0.5) is 0 Å². The molecule has 0 unspecified atom stereocenters. The van der Waals surface area contributed by atoms with Crippen molar-refractivity contribution < 1.29 is 14.7 Å². The highest BCUT2D eigenvalue weighted by molar-refractivity contribution is 5.86. The molecule has 1 heterocycles. The molecule has 0 spiro atoms. The van der Waals surface area contributed by atoms with Gasteiger partial charge in [-0.15, -0.1) is 0 Å². The van der Waals surface area contributed by atoms with Gasteiger partial charge in [-0.1, -0.05) is 38.1 Å². The van der Waals surface area contributed by atoms with Crippen molar-refractivity contribution in [2.45, 2.75) is 51.2 Å². The molecule has 4 N–H and O–H groups in total. The van der Waals surface area contributed by atoms with E-state index in [1.807, 2.05) is 12.1 Å². The first-order valence-electron chi connectivity index (χ1n) is 8.91. The summed E-state index contributed by atoms with van der Waals surface area (Å²) in [5, 5.41) is 13.7. The van der Waals surface area contributed by atoms with E-state index in [0.29, 0.717) is 32.0 Å². The highest BCUT2D eigenvalue weighted by Crippen LogP contribution is 2.24. The average Bonchev–Trinajstić information content (AvgIpc) is 2.56. The fourth-order valence-electron chi connectivity index (χ4n) is 3.12. The van der Waals surface area contributed by atoms with Crippen LogP contribution in [0.5, 0.6) is 0 Å². The van der Waals surface area contributed by atoms with E-state index in [2.05, 4.69) is 31.3 Å². The minimum absolute atomic E-state index is 0.141. The number of piperidine rings is 1. The van der Waals surface area contributed by atoms with Gasteiger partial charge in [0.2, 0.25) is 5.91 Å². The summed E-state index contributed by atoms with van der Waals surface area (Å²) in [4.78, 5) is 25.2. The van der Waals surface area contributed by atoms with Crippen molar-refractivity contribution in [3.8, 4) is 0 Å². The van der Waals surface area contributed by atoms with E-state index in [9.17, 15) is 14.7 Å². The maximum Gasteiger partial charge on any atom is 0.256 e. The van der Waals surface area contributed by atoms with Crippen molar-refractivity contribution in [1.82, 2.24) is 10.2 Å². The smallest absolute Gasteiger partial charge is 0.256 e. The number of likely N-dealkylation sites (tertiary alicyclic amines) is 1. The zero-order chi connectivity index (χ0) is 18.4. The molecule has 0 bridgehead atoms. The minimum Gasteiger partial charge on any atom is -0.379 e. The first-order chi connectivity index (χ1) is 11.8. The van der Waals surface area contributed by atoms with Gasteiger partial charge in [-0.05, 0) is 29.9 Å². The second-order valence-corrected chi connectivity index (χ2v) is 7.15. The maximum atomic E-state index is 12.7. The SMILES string of the molecule is CC(C)c1ccc(CN2CCC[C@](O)(CNCCC(N)=O)C2=O)cc1. The Hall–Kier alpha value is -1.92. The molecule has 2 rings (SSSR count). The van der Waals surface area contributed by atoms with Gasteiger partial charge in [0.1, 0.15) is 0 Å². The summed E-state index contributed by atoms with van der Waals surface area (Å²) in [6, 6.07) is 8.26. The van der Waals surface area contributed by atoms with Crippen LogP contribution >= 0.6 is 0 Å². The molecule has 0 radical (unpaired) electrons. The normalized spacial score (nSPS) is 21.0. The zero-order valence-corrected chi connectivity index (χ0v) is 15.1.